The first-order valence-corrected chi connectivity index (χ1v) is 12.0. The Morgan fingerprint density at radius 1 is 1.16 bits per heavy atom. The highest BCUT2D eigenvalue weighted by Crippen LogP contribution is 2.35. The van der Waals surface area contributed by atoms with E-state index >= 15 is 0 Å². The van der Waals surface area contributed by atoms with E-state index in [1.807, 2.05) is 25.3 Å². The monoisotopic (exact) mass is 434 g/mol. The molecule has 2 aromatic rings. The van der Waals surface area contributed by atoms with Crippen molar-refractivity contribution < 1.29 is 4.79 Å². The first-order chi connectivity index (χ1) is 15.5. The Labute approximate surface area is 190 Å². The molecule has 0 radical (unpaired) electrons. The number of hydrogen-bond donors (Lipinski definition) is 3. The van der Waals surface area contributed by atoms with Gasteiger partial charge in [-0.25, -0.2) is 10.4 Å². The summed E-state index contributed by atoms with van der Waals surface area (Å²) in [4.78, 5) is 24.7. The fraction of sp³-hybridized carbons (Fsp3) is 0.560. The Morgan fingerprint density at radius 3 is 2.84 bits per heavy atom. The van der Waals surface area contributed by atoms with Crippen molar-refractivity contribution in [2.75, 3.05) is 18.8 Å². The second-order valence-electron chi connectivity index (χ2n) is 9.97. The molecule has 170 valence electrons. The number of carbonyl (C=O) groups is 1. The predicted octanol–water partition coefficient (Wildman–Crippen LogP) is 3.02. The predicted molar refractivity (Wildman–Crippen MR) is 126 cm³/mol. The summed E-state index contributed by atoms with van der Waals surface area (Å²) in [7, 11) is 0. The van der Waals surface area contributed by atoms with Crippen LogP contribution in [0.2, 0.25) is 0 Å². The number of nitrogens with zero attached hydrogens (tertiary/aromatic N) is 3. The Kier molecular flexibility index (Phi) is 5.86. The van der Waals surface area contributed by atoms with E-state index in [0.717, 1.165) is 61.3 Å². The molecule has 2 aromatic heterocycles. The first kappa shape index (κ1) is 21.3. The van der Waals surface area contributed by atoms with Gasteiger partial charge in [0.25, 0.3) is 0 Å². The summed E-state index contributed by atoms with van der Waals surface area (Å²) < 4.78 is 0. The van der Waals surface area contributed by atoms with Crippen LogP contribution in [0.5, 0.6) is 0 Å². The van der Waals surface area contributed by atoms with Crippen LogP contribution in [0.25, 0.3) is 11.1 Å². The molecule has 3 aliphatic rings. The van der Waals surface area contributed by atoms with Crippen molar-refractivity contribution >= 4 is 11.7 Å². The van der Waals surface area contributed by atoms with Crippen molar-refractivity contribution in [2.24, 2.45) is 11.8 Å². The van der Waals surface area contributed by atoms with E-state index in [1.54, 1.807) is 0 Å². The van der Waals surface area contributed by atoms with Gasteiger partial charge in [-0.1, -0.05) is 6.92 Å². The van der Waals surface area contributed by atoms with Crippen LogP contribution < -0.4 is 16.6 Å². The third-order valence-corrected chi connectivity index (χ3v) is 7.52. The van der Waals surface area contributed by atoms with E-state index in [0.29, 0.717) is 23.7 Å². The molecule has 32 heavy (non-hydrogen) atoms. The molecule has 5 unspecified atom stereocenters. The molecule has 4 heterocycles. The number of aryl methyl sites for hydroxylation is 1. The minimum atomic E-state index is -0.108. The third-order valence-electron chi connectivity index (χ3n) is 7.52. The van der Waals surface area contributed by atoms with Gasteiger partial charge in [-0.05, 0) is 74.8 Å². The van der Waals surface area contributed by atoms with Crippen LogP contribution >= 0.6 is 0 Å². The SMILES string of the molecule is Cc1cc(-c2ccc(N)nc2)cc(C2CCCN(C(=O)C3NNC4CCC(C)CC43)C2)n1. The summed E-state index contributed by atoms with van der Waals surface area (Å²) >= 11 is 0. The van der Waals surface area contributed by atoms with Crippen molar-refractivity contribution in [3.63, 3.8) is 0 Å². The van der Waals surface area contributed by atoms with E-state index in [1.165, 1.54) is 6.42 Å². The molecule has 2 saturated heterocycles. The van der Waals surface area contributed by atoms with Crippen LogP contribution in [-0.2, 0) is 4.79 Å². The van der Waals surface area contributed by atoms with Crippen molar-refractivity contribution in [1.82, 2.24) is 25.7 Å². The zero-order chi connectivity index (χ0) is 22.2. The van der Waals surface area contributed by atoms with Gasteiger partial charge in [-0.3, -0.25) is 15.2 Å². The molecule has 1 amide bonds. The van der Waals surface area contributed by atoms with Crippen molar-refractivity contribution in [3.05, 3.63) is 41.9 Å². The van der Waals surface area contributed by atoms with E-state index in [4.69, 9.17) is 10.7 Å². The molecular weight excluding hydrogens is 400 g/mol. The number of nitrogens with one attached hydrogen (secondary N) is 2. The Balaban J connectivity index is 1.33. The summed E-state index contributed by atoms with van der Waals surface area (Å²) in [5.74, 6) is 2.11. The Morgan fingerprint density at radius 2 is 2.03 bits per heavy atom. The number of anilines is 1. The number of fused-ring (bicyclic) bond motifs is 1. The first-order valence-electron chi connectivity index (χ1n) is 12.0. The molecule has 4 N–H and O–H groups in total. The quantitative estimate of drug-likeness (QED) is 0.687. The molecule has 1 saturated carbocycles. The smallest absolute Gasteiger partial charge is 0.241 e. The van der Waals surface area contributed by atoms with Crippen molar-refractivity contribution in [3.8, 4) is 11.1 Å². The second kappa shape index (κ2) is 8.79. The van der Waals surface area contributed by atoms with Crippen LogP contribution in [0.15, 0.2) is 30.5 Å². The summed E-state index contributed by atoms with van der Waals surface area (Å²) in [5, 5.41) is 0. The second-order valence-corrected chi connectivity index (χ2v) is 9.97. The molecule has 3 fully saturated rings. The van der Waals surface area contributed by atoms with Gasteiger partial charge in [0.05, 0.1) is 0 Å². The number of amides is 1. The fourth-order valence-electron chi connectivity index (χ4n) is 5.78. The number of hydrogen-bond acceptors (Lipinski definition) is 6. The third kappa shape index (κ3) is 4.24. The summed E-state index contributed by atoms with van der Waals surface area (Å²) in [6, 6.07) is 8.39. The van der Waals surface area contributed by atoms with Gasteiger partial charge >= 0.3 is 0 Å². The molecule has 0 aromatic carbocycles. The Hall–Kier alpha value is -2.51. The highest BCUT2D eigenvalue weighted by molar-refractivity contribution is 5.83. The van der Waals surface area contributed by atoms with Crippen LogP contribution in [0.1, 0.15) is 56.3 Å². The number of rotatable bonds is 3. The number of piperidine rings is 1. The van der Waals surface area contributed by atoms with Crippen molar-refractivity contribution in [1.29, 1.82) is 0 Å². The molecule has 7 heteroatoms. The zero-order valence-corrected chi connectivity index (χ0v) is 19.1. The molecule has 7 nitrogen and oxygen atoms in total. The topological polar surface area (TPSA) is 96.2 Å². The minimum absolute atomic E-state index is 0.108. The highest BCUT2D eigenvalue weighted by atomic mass is 16.2. The van der Waals surface area contributed by atoms with E-state index in [2.05, 4.69) is 39.8 Å². The number of carbonyl (C=O) groups excluding carboxylic acids is 1. The molecule has 2 aliphatic heterocycles. The lowest BCUT2D eigenvalue weighted by atomic mass is 9.76. The molecule has 0 bridgehead atoms. The average Bonchev–Trinajstić information content (AvgIpc) is 3.21. The molecule has 5 atom stereocenters. The van der Waals surface area contributed by atoms with Gasteiger partial charge in [0, 0.05) is 54.1 Å². The lowest BCUT2D eigenvalue weighted by Crippen LogP contribution is -2.51. The van der Waals surface area contributed by atoms with Crippen LogP contribution in [0.3, 0.4) is 0 Å². The number of likely N-dealkylation sites (tertiary alicyclic amines) is 1. The average molecular weight is 435 g/mol. The molecule has 0 spiro atoms. The lowest BCUT2D eigenvalue weighted by Gasteiger charge is -2.37. The van der Waals surface area contributed by atoms with E-state index < -0.39 is 0 Å². The van der Waals surface area contributed by atoms with Gasteiger partial charge in [-0.15, -0.1) is 0 Å². The van der Waals surface area contributed by atoms with E-state index in [-0.39, 0.29) is 17.9 Å². The maximum absolute atomic E-state index is 13.5. The number of nitrogens with two attached hydrogens (primary N) is 1. The minimum Gasteiger partial charge on any atom is -0.384 e. The molecule has 5 rings (SSSR count). The maximum Gasteiger partial charge on any atom is 0.241 e. The van der Waals surface area contributed by atoms with Gasteiger partial charge < -0.3 is 10.6 Å². The summed E-state index contributed by atoms with van der Waals surface area (Å²) in [6.45, 7) is 5.91. The lowest BCUT2D eigenvalue weighted by molar-refractivity contribution is -0.135. The standard InChI is InChI=1S/C25H34N6O/c1-15-5-7-21-20(10-15)24(30-29-21)25(32)31-9-3-4-18(14-31)22-12-19(11-16(2)28-22)17-6-8-23(26)27-13-17/h6,8,11-13,15,18,20-21,24,29-30H,3-5,7,9-10,14H2,1-2H3,(H2,26,27). The maximum atomic E-state index is 13.5. The zero-order valence-electron chi connectivity index (χ0n) is 19.1. The number of pyridine rings is 2. The van der Waals surface area contributed by atoms with Crippen LogP contribution in [-0.4, -0.2) is 45.9 Å². The number of nitrogen functional groups attached to an aromatic ring is 1. The summed E-state index contributed by atoms with van der Waals surface area (Å²) in [5.41, 5.74) is 16.7. The van der Waals surface area contributed by atoms with Gasteiger partial charge in [0.15, 0.2) is 0 Å². The molecular formula is C25H34N6O. The fourth-order valence-corrected chi connectivity index (χ4v) is 5.78. The largest absolute Gasteiger partial charge is 0.384 e. The number of aromatic nitrogens is 2. The Bertz CT molecular complexity index is 977. The van der Waals surface area contributed by atoms with Crippen LogP contribution in [0, 0.1) is 18.8 Å². The summed E-state index contributed by atoms with van der Waals surface area (Å²) in [6.07, 6.45) is 7.39. The van der Waals surface area contributed by atoms with Gasteiger partial charge in [0.1, 0.15) is 11.9 Å². The molecule has 1 aliphatic carbocycles. The number of hydrazine groups is 1. The van der Waals surface area contributed by atoms with Crippen molar-refractivity contribution in [2.45, 2.75) is 64.0 Å². The van der Waals surface area contributed by atoms with Gasteiger partial charge in [0.2, 0.25) is 5.91 Å². The van der Waals surface area contributed by atoms with Crippen LogP contribution in [0.4, 0.5) is 5.82 Å². The highest BCUT2D eigenvalue weighted by Gasteiger charge is 2.44. The van der Waals surface area contributed by atoms with Gasteiger partial charge in [-0.2, -0.15) is 0 Å². The van der Waals surface area contributed by atoms with E-state index in [9.17, 15) is 4.79 Å². The normalized spacial score (nSPS) is 30.2.